The molecular weight excluding hydrogens is 226 g/mol. The standard InChI is InChI=1S/C12H16ClNO2/c1-6-8(13)5-9(15)11(16)10(6)12(3-4-12)7(2)14/h5,7,15-16H,3-4,14H2,1-2H3. The van der Waals surface area contributed by atoms with Gasteiger partial charge in [-0.2, -0.15) is 0 Å². The molecule has 4 N–H and O–H groups in total. The topological polar surface area (TPSA) is 66.5 Å². The van der Waals surface area contributed by atoms with Crippen molar-refractivity contribution in [1.29, 1.82) is 0 Å². The van der Waals surface area contributed by atoms with Crippen molar-refractivity contribution in [2.45, 2.75) is 38.1 Å². The Kier molecular flexibility index (Phi) is 2.55. The Morgan fingerprint density at radius 3 is 2.44 bits per heavy atom. The summed E-state index contributed by atoms with van der Waals surface area (Å²) in [6, 6.07) is 1.31. The highest BCUT2D eigenvalue weighted by molar-refractivity contribution is 6.31. The summed E-state index contributed by atoms with van der Waals surface area (Å²) < 4.78 is 0. The molecule has 1 aliphatic carbocycles. The van der Waals surface area contributed by atoms with Crippen molar-refractivity contribution in [3.8, 4) is 11.5 Å². The van der Waals surface area contributed by atoms with Gasteiger partial charge in [-0.05, 0) is 32.3 Å². The van der Waals surface area contributed by atoms with Crippen LogP contribution in [0.5, 0.6) is 11.5 Å². The van der Waals surface area contributed by atoms with Crippen LogP contribution in [0.1, 0.15) is 30.9 Å². The summed E-state index contributed by atoms with van der Waals surface area (Å²) in [5.41, 5.74) is 7.28. The molecule has 16 heavy (non-hydrogen) atoms. The Morgan fingerprint density at radius 2 is 2.00 bits per heavy atom. The molecule has 88 valence electrons. The lowest BCUT2D eigenvalue weighted by molar-refractivity contribution is 0.389. The molecule has 2 rings (SSSR count). The van der Waals surface area contributed by atoms with Gasteiger partial charge in [-0.1, -0.05) is 11.6 Å². The number of benzene rings is 1. The second-order valence-corrected chi connectivity index (χ2v) is 5.08. The van der Waals surface area contributed by atoms with Crippen LogP contribution in [-0.2, 0) is 5.41 Å². The van der Waals surface area contributed by atoms with Gasteiger partial charge in [0.15, 0.2) is 11.5 Å². The van der Waals surface area contributed by atoms with E-state index in [9.17, 15) is 10.2 Å². The third-order valence-corrected chi connectivity index (χ3v) is 4.03. The molecule has 1 aromatic rings. The second-order valence-electron chi connectivity index (χ2n) is 4.67. The van der Waals surface area contributed by atoms with Crippen LogP contribution in [-0.4, -0.2) is 16.3 Å². The minimum absolute atomic E-state index is 0.0602. The van der Waals surface area contributed by atoms with Crippen LogP contribution < -0.4 is 5.73 Å². The predicted molar refractivity (Wildman–Crippen MR) is 64.1 cm³/mol. The van der Waals surface area contributed by atoms with Crippen LogP contribution in [0.3, 0.4) is 0 Å². The largest absolute Gasteiger partial charge is 0.504 e. The zero-order valence-electron chi connectivity index (χ0n) is 9.42. The molecule has 0 aliphatic heterocycles. The smallest absolute Gasteiger partial charge is 0.161 e. The number of hydrogen-bond donors (Lipinski definition) is 3. The summed E-state index contributed by atoms with van der Waals surface area (Å²) in [5.74, 6) is -0.241. The third-order valence-electron chi connectivity index (χ3n) is 3.63. The van der Waals surface area contributed by atoms with Gasteiger partial charge >= 0.3 is 0 Å². The Bertz CT molecular complexity index is 413. The van der Waals surface area contributed by atoms with Crippen LogP contribution >= 0.6 is 11.6 Å². The number of aromatic hydroxyl groups is 2. The zero-order valence-corrected chi connectivity index (χ0v) is 10.2. The van der Waals surface area contributed by atoms with Crippen molar-refractivity contribution >= 4 is 11.6 Å². The van der Waals surface area contributed by atoms with E-state index >= 15 is 0 Å². The Hall–Kier alpha value is -0.930. The average Bonchev–Trinajstić information content (AvgIpc) is 2.97. The number of rotatable bonds is 2. The van der Waals surface area contributed by atoms with E-state index < -0.39 is 0 Å². The van der Waals surface area contributed by atoms with E-state index in [0.717, 1.165) is 18.4 Å². The molecule has 3 nitrogen and oxygen atoms in total. The van der Waals surface area contributed by atoms with Gasteiger partial charge in [0.05, 0.1) is 0 Å². The number of phenolic OH excluding ortho intramolecular Hbond substituents is 2. The summed E-state index contributed by atoms with van der Waals surface area (Å²) in [7, 11) is 0. The molecule has 4 heteroatoms. The number of hydrogen-bond acceptors (Lipinski definition) is 3. The molecule has 0 heterocycles. The maximum atomic E-state index is 9.96. The van der Waals surface area contributed by atoms with E-state index in [-0.39, 0.29) is 23.0 Å². The Balaban J connectivity index is 2.65. The molecule has 1 atom stereocenters. The minimum Gasteiger partial charge on any atom is -0.504 e. The Morgan fingerprint density at radius 1 is 1.44 bits per heavy atom. The SMILES string of the molecule is Cc1c(Cl)cc(O)c(O)c1C1(C(C)N)CC1. The van der Waals surface area contributed by atoms with Gasteiger partial charge in [-0.25, -0.2) is 0 Å². The van der Waals surface area contributed by atoms with Gasteiger partial charge < -0.3 is 15.9 Å². The summed E-state index contributed by atoms with van der Waals surface area (Å²) in [4.78, 5) is 0. The number of nitrogens with two attached hydrogens (primary N) is 1. The van der Waals surface area contributed by atoms with E-state index in [1.165, 1.54) is 6.07 Å². The first-order chi connectivity index (χ1) is 7.40. The van der Waals surface area contributed by atoms with Gasteiger partial charge in [-0.15, -0.1) is 0 Å². The van der Waals surface area contributed by atoms with Crippen molar-refractivity contribution in [1.82, 2.24) is 0 Å². The van der Waals surface area contributed by atoms with Crippen molar-refractivity contribution in [3.63, 3.8) is 0 Å². The molecule has 1 fully saturated rings. The van der Waals surface area contributed by atoms with Crippen LogP contribution in [0.25, 0.3) is 0 Å². The molecule has 1 aromatic carbocycles. The van der Waals surface area contributed by atoms with E-state index in [0.29, 0.717) is 10.6 Å². The Labute approximate surface area is 99.8 Å². The van der Waals surface area contributed by atoms with Gasteiger partial charge in [0, 0.05) is 28.1 Å². The van der Waals surface area contributed by atoms with Crippen molar-refractivity contribution in [2.75, 3.05) is 0 Å². The third kappa shape index (κ3) is 1.46. The second kappa shape index (κ2) is 3.54. The van der Waals surface area contributed by atoms with E-state index in [1.807, 2.05) is 13.8 Å². The van der Waals surface area contributed by atoms with Crippen molar-refractivity contribution in [3.05, 3.63) is 22.2 Å². The quantitative estimate of drug-likeness (QED) is 0.697. The monoisotopic (exact) mass is 241 g/mol. The highest BCUT2D eigenvalue weighted by Gasteiger charge is 2.50. The highest BCUT2D eigenvalue weighted by Crippen LogP contribution is 2.56. The molecule has 0 amide bonds. The summed E-state index contributed by atoms with van der Waals surface area (Å²) in [5, 5.41) is 20.0. The fourth-order valence-corrected chi connectivity index (χ4v) is 2.60. The van der Waals surface area contributed by atoms with Crippen molar-refractivity contribution < 1.29 is 10.2 Å². The van der Waals surface area contributed by atoms with Crippen LogP contribution in [0.4, 0.5) is 0 Å². The normalized spacial score (nSPS) is 19.5. The fourth-order valence-electron chi connectivity index (χ4n) is 2.40. The summed E-state index contributed by atoms with van der Waals surface area (Å²) in [6.45, 7) is 3.77. The van der Waals surface area contributed by atoms with Crippen molar-refractivity contribution in [2.24, 2.45) is 5.73 Å². The maximum absolute atomic E-state index is 9.96. The first-order valence-electron chi connectivity index (χ1n) is 5.37. The molecular formula is C12H16ClNO2. The fraction of sp³-hybridized carbons (Fsp3) is 0.500. The van der Waals surface area contributed by atoms with Crippen LogP contribution in [0.2, 0.25) is 5.02 Å². The summed E-state index contributed by atoms with van der Waals surface area (Å²) in [6.07, 6.45) is 1.86. The van der Waals surface area contributed by atoms with Gasteiger partial charge in [-0.3, -0.25) is 0 Å². The molecule has 1 unspecified atom stereocenters. The zero-order chi connectivity index (χ0) is 12.1. The molecule has 1 saturated carbocycles. The average molecular weight is 242 g/mol. The lowest BCUT2D eigenvalue weighted by Gasteiger charge is -2.24. The number of phenols is 2. The first kappa shape index (κ1) is 11.6. The van der Waals surface area contributed by atoms with E-state index in [1.54, 1.807) is 0 Å². The van der Waals surface area contributed by atoms with E-state index in [4.69, 9.17) is 17.3 Å². The molecule has 0 spiro atoms. The van der Waals surface area contributed by atoms with Gasteiger partial charge in [0.1, 0.15) is 0 Å². The molecule has 1 aliphatic rings. The van der Waals surface area contributed by atoms with E-state index in [2.05, 4.69) is 0 Å². The lowest BCUT2D eigenvalue weighted by Crippen LogP contribution is -2.32. The molecule has 0 saturated heterocycles. The molecule has 0 aromatic heterocycles. The summed E-state index contributed by atoms with van der Waals surface area (Å²) >= 11 is 6.02. The molecule has 0 bridgehead atoms. The lowest BCUT2D eigenvalue weighted by atomic mass is 9.85. The van der Waals surface area contributed by atoms with Gasteiger partial charge in [0.25, 0.3) is 0 Å². The predicted octanol–water partition coefficient (Wildman–Crippen LogP) is 2.44. The molecule has 0 radical (unpaired) electrons. The van der Waals surface area contributed by atoms with Crippen LogP contribution in [0.15, 0.2) is 6.07 Å². The van der Waals surface area contributed by atoms with Crippen LogP contribution in [0, 0.1) is 6.92 Å². The number of halogens is 1. The highest BCUT2D eigenvalue weighted by atomic mass is 35.5. The van der Waals surface area contributed by atoms with Gasteiger partial charge in [0.2, 0.25) is 0 Å². The minimum atomic E-state index is -0.212. The maximum Gasteiger partial charge on any atom is 0.161 e. The first-order valence-corrected chi connectivity index (χ1v) is 5.75.